The Morgan fingerprint density at radius 1 is 1.30 bits per heavy atom. The van der Waals surface area contributed by atoms with E-state index < -0.39 is 5.97 Å². The Morgan fingerprint density at radius 3 is 2.78 bits per heavy atom. The number of rotatable bonds is 4. The summed E-state index contributed by atoms with van der Waals surface area (Å²) in [5.41, 5.74) is 1.45. The molecule has 116 valence electrons. The minimum absolute atomic E-state index is 0.367. The molecule has 6 nitrogen and oxygen atoms in total. The van der Waals surface area contributed by atoms with Crippen LogP contribution in [-0.2, 0) is 4.84 Å². The predicted octanol–water partition coefficient (Wildman–Crippen LogP) is 4.03. The Kier molecular flexibility index (Phi) is 4.50. The van der Waals surface area contributed by atoms with Gasteiger partial charge in [0.15, 0.2) is 10.8 Å². The molecule has 23 heavy (non-hydrogen) atoms. The predicted molar refractivity (Wildman–Crippen MR) is 86.7 cm³/mol. The number of aromatic nitrogens is 2. The van der Waals surface area contributed by atoms with E-state index in [-0.39, 0.29) is 0 Å². The molecule has 3 rings (SSSR count). The minimum Gasteiger partial charge on any atom is -0.354 e. The Balaban J connectivity index is 1.70. The average Bonchev–Trinajstić information content (AvgIpc) is 3.23. The van der Waals surface area contributed by atoms with Gasteiger partial charge in [0.05, 0.1) is 17.5 Å². The second kappa shape index (κ2) is 6.72. The van der Waals surface area contributed by atoms with E-state index in [9.17, 15) is 4.79 Å². The maximum atomic E-state index is 11.9. The summed E-state index contributed by atoms with van der Waals surface area (Å²) >= 11 is 7.16. The second-order valence-electron chi connectivity index (χ2n) is 4.48. The normalized spacial score (nSPS) is 11.5. The standard InChI is InChI=1S/C15H10ClN3O3S/c1-9(12-8-23-14(18-12)13-6-7-17-21-13)19-22-15(20)10-2-4-11(16)5-3-10/h2-8H,1H3/b19-9-. The molecule has 0 radical (unpaired) electrons. The number of benzene rings is 1. The molecule has 2 heterocycles. The van der Waals surface area contributed by atoms with E-state index in [4.69, 9.17) is 21.0 Å². The molecule has 0 atom stereocenters. The van der Waals surface area contributed by atoms with Gasteiger partial charge in [0, 0.05) is 16.5 Å². The highest BCUT2D eigenvalue weighted by Crippen LogP contribution is 2.23. The van der Waals surface area contributed by atoms with Gasteiger partial charge in [-0.2, -0.15) is 0 Å². The van der Waals surface area contributed by atoms with Crippen molar-refractivity contribution >= 4 is 34.6 Å². The van der Waals surface area contributed by atoms with Gasteiger partial charge in [-0.05, 0) is 31.2 Å². The van der Waals surface area contributed by atoms with Crippen molar-refractivity contribution < 1.29 is 14.2 Å². The molecule has 0 N–H and O–H groups in total. The van der Waals surface area contributed by atoms with Gasteiger partial charge in [-0.1, -0.05) is 21.9 Å². The van der Waals surface area contributed by atoms with Crippen molar-refractivity contribution in [2.24, 2.45) is 5.16 Å². The van der Waals surface area contributed by atoms with Crippen LogP contribution in [0.4, 0.5) is 0 Å². The fourth-order valence-corrected chi connectivity index (χ4v) is 2.62. The third-order valence-electron chi connectivity index (χ3n) is 2.87. The Hall–Kier alpha value is -2.51. The van der Waals surface area contributed by atoms with Crippen LogP contribution in [0.5, 0.6) is 0 Å². The van der Waals surface area contributed by atoms with Gasteiger partial charge in [-0.15, -0.1) is 11.3 Å². The summed E-state index contributed by atoms with van der Waals surface area (Å²) in [4.78, 5) is 21.1. The van der Waals surface area contributed by atoms with E-state index in [2.05, 4.69) is 15.3 Å². The quantitative estimate of drug-likeness (QED) is 0.404. The van der Waals surface area contributed by atoms with Crippen molar-refractivity contribution in [2.75, 3.05) is 0 Å². The molecule has 0 aliphatic heterocycles. The zero-order chi connectivity index (χ0) is 16.2. The third-order valence-corrected chi connectivity index (χ3v) is 3.98. The van der Waals surface area contributed by atoms with Crippen LogP contribution in [0.1, 0.15) is 23.0 Å². The lowest BCUT2D eigenvalue weighted by Gasteiger charge is -1.99. The number of thiazole rings is 1. The van der Waals surface area contributed by atoms with Gasteiger partial charge in [0.2, 0.25) is 0 Å². The molecule has 1 aromatic carbocycles. The van der Waals surface area contributed by atoms with Gasteiger partial charge in [-0.25, -0.2) is 9.78 Å². The molecular weight excluding hydrogens is 338 g/mol. The molecule has 3 aromatic rings. The highest BCUT2D eigenvalue weighted by molar-refractivity contribution is 7.13. The zero-order valence-corrected chi connectivity index (χ0v) is 13.5. The number of carbonyl (C=O) groups excluding carboxylic acids is 1. The van der Waals surface area contributed by atoms with Gasteiger partial charge in [-0.3, -0.25) is 0 Å². The number of oxime groups is 1. The third kappa shape index (κ3) is 3.64. The van der Waals surface area contributed by atoms with Gasteiger partial charge < -0.3 is 9.36 Å². The van der Waals surface area contributed by atoms with E-state index >= 15 is 0 Å². The molecule has 2 aromatic heterocycles. The van der Waals surface area contributed by atoms with Crippen molar-refractivity contribution in [1.29, 1.82) is 0 Å². The Morgan fingerprint density at radius 2 is 2.09 bits per heavy atom. The summed E-state index contributed by atoms with van der Waals surface area (Å²) in [6.07, 6.45) is 1.55. The summed E-state index contributed by atoms with van der Waals surface area (Å²) < 4.78 is 5.04. The van der Waals surface area contributed by atoms with Crippen molar-refractivity contribution in [3.05, 3.63) is 58.2 Å². The van der Waals surface area contributed by atoms with E-state index in [1.165, 1.54) is 11.3 Å². The van der Waals surface area contributed by atoms with E-state index in [0.29, 0.717) is 32.8 Å². The number of nitrogens with zero attached hydrogens (tertiary/aromatic N) is 3. The highest BCUT2D eigenvalue weighted by Gasteiger charge is 2.11. The van der Waals surface area contributed by atoms with Crippen molar-refractivity contribution in [1.82, 2.24) is 10.1 Å². The van der Waals surface area contributed by atoms with Gasteiger partial charge in [0.1, 0.15) is 5.71 Å². The second-order valence-corrected chi connectivity index (χ2v) is 5.77. The highest BCUT2D eigenvalue weighted by atomic mass is 35.5. The summed E-state index contributed by atoms with van der Waals surface area (Å²) in [6, 6.07) is 8.08. The molecule has 0 aliphatic rings. The fraction of sp³-hybridized carbons (Fsp3) is 0.0667. The largest absolute Gasteiger partial charge is 0.365 e. The first-order chi connectivity index (χ1) is 11.1. The maximum absolute atomic E-state index is 11.9. The first kappa shape index (κ1) is 15.4. The van der Waals surface area contributed by atoms with Crippen LogP contribution in [0, 0.1) is 0 Å². The number of hydrogen-bond acceptors (Lipinski definition) is 7. The lowest BCUT2D eigenvalue weighted by atomic mass is 10.2. The molecular formula is C15H10ClN3O3S. The van der Waals surface area contributed by atoms with Crippen molar-refractivity contribution in [2.45, 2.75) is 6.92 Å². The monoisotopic (exact) mass is 347 g/mol. The molecule has 0 spiro atoms. The summed E-state index contributed by atoms with van der Waals surface area (Å²) in [5, 5.41) is 10.5. The van der Waals surface area contributed by atoms with Gasteiger partial charge in [0.25, 0.3) is 0 Å². The van der Waals surface area contributed by atoms with Crippen LogP contribution >= 0.6 is 22.9 Å². The van der Waals surface area contributed by atoms with Crippen LogP contribution in [0.15, 0.2) is 51.6 Å². The molecule has 0 unspecified atom stereocenters. The number of halogens is 1. The lowest BCUT2D eigenvalue weighted by molar-refractivity contribution is 0.0516. The van der Waals surface area contributed by atoms with E-state index in [0.717, 1.165) is 0 Å². The molecule has 8 heteroatoms. The molecule has 0 saturated heterocycles. The van der Waals surface area contributed by atoms with Crippen molar-refractivity contribution in [3.63, 3.8) is 0 Å². The Bertz CT molecular complexity index is 841. The summed E-state index contributed by atoms with van der Waals surface area (Å²) in [6.45, 7) is 1.70. The minimum atomic E-state index is -0.563. The van der Waals surface area contributed by atoms with Crippen LogP contribution in [0.25, 0.3) is 10.8 Å². The summed E-state index contributed by atoms with van der Waals surface area (Å²) in [5.74, 6) is 0.0129. The Labute approximate surface area is 140 Å². The zero-order valence-electron chi connectivity index (χ0n) is 11.9. The maximum Gasteiger partial charge on any atom is 0.365 e. The van der Waals surface area contributed by atoms with Crippen LogP contribution in [-0.4, -0.2) is 21.8 Å². The first-order valence-electron chi connectivity index (χ1n) is 6.52. The van der Waals surface area contributed by atoms with E-state index in [1.807, 2.05) is 0 Å². The topological polar surface area (TPSA) is 77.6 Å². The first-order valence-corrected chi connectivity index (χ1v) is 7.78. The molecule has 0 bridgehead atoms. The molecule has 0 fully saturated rings. The van der Waals surface area contributed by atoms with Crippen molar-refractivity contribution in [3.8, 4) is 10.8 Å². The molecule has 0 amide bonds. The van der Waals surface area contributed by atoms with Crippen LogP contribution in [0.3, 0.4) is 0 Å². The van der Waals surface area contributed by atoms with Gasteiger partial charge >= 0.3 is 5.97 Å². The van der Waals surface area contributed by atoms with Crippen LogP contribution < -0.4 is 0 Å². The van der Waals surface area contributed by atoms with Crippen LogP contribution in [0.2, 0.25) is 5.02 Å². The number of hydrogen-bond donors (Lipinski definition) is 0. The number of carbonyl (C=O) groups is 1. The van der Waals surface area contributed by atoms with E-state index in [1.54, 1.807) is 48.8 Å². The fourth-order valence-electron chi connectivity index (χ4n) is 1.67. The average molecular weight is 348 g/mol. The smallest absolute Gasteiger partial charge is 0.354 e. The SMILES string of the molecule is C/C(=N/OC(=O)c1ccc(Cl)cc1)c1csc(-c2ccno2)n1. The molecule has 0 aliphatic carbocycles. The molecule has 0 saturated carbocycles. The lowest BCUT2D eigenvalue weighted by Crippen LogP contribution is -2.04. The summed E-state index contributed by atoms with van der Waals surface area (Å²) in [7, 11) is 0.